The van der Waals surface area contributed by atoms with E-state index >= 15 is 0 Å². The highest BCUT2D eigenvalue weighted by Gasteiger charge is 2.24. The Morgan fingerprint density at radius 2 is 1.69 bits per heavy atom. The molecule has 0 spiro atoms. The van der Waals surface area contributed by atoms with Gasteiger partial charge in [-0.25, -0.2) is 15.0 Å². The van der Waals surface area contributed by atoms with Gasteiger partial charge in [0.25, 0.3) is 9.82 Å². The van der Waals surface area contributed by atoms with Crippen molar-refractivity contribution in [3.63, 3.8) is 0 Å². The van der Waals surface area contributed by atoms with E-state index in [9.17, 15) is 19.2 Å². The molecule has 0 aliphatic heterocycles. The molecule has 0 radical (unpaired) electrons. The normalized spacial score (nSPS) is 10.7. The molecule has 0 aliphatic rings. The van der Waals surface area contributed by atoms with Gasteiger partial charge < -0.3 is 10.1 Å². The number of hydrogen-bond donors (Lipinski definition) is 3. The molecule has 0 aromatic heterocycles. The van der Waals surface area contributed by atoms with Gasteiger partial charge in [-0.15, -0.1) is 0 Å². The first kappa shape index (κ1) is 25.8. The number of hydrazine groups is 1. The van der Waals surface area contributed by atoms with Crippen molar-refractivity contribution in [2.24, 2.45) is 0 Å². The van der Waals surface area contributed by atoms with Crippen LogP contribution in [0.1, 0.15) is 36.7 Å². The number of nitrogens with zero attached hydrogens (tertiary/aromatic N) is 1. The van der Waals surface area contributed by atoms with E-state index in [-0.39, 0.29) is 21.7 Å². The minimum Gasteiger partial charge on any atom is -0.443 e. The maximum absolute atomic E-state index is 12.9. The lowest BCUT2D eigenvalue weighted by atomic mass is 10.2. The van der Waals surface area contributed by atoms with Gasteiger partial charge >= 0.3 is 12.1 Å². The van der Waals surface area contributed by atoms with Crippen molar-refractivity contribution in [3.8, 4) is 0 Å². The van der Waals surface area contributed by atoms with Gasteiger partial charge in [0.15, 0.2) is 0 Å². The van der Waals surface area contributed by atoms with Gasteiger partial charge in [-0.1, -0.05) is 12.1 Å². The average Bonchev–Trinajstić information content (AvgIpc) is 2.69. The Labute approximate surface area is 212 Å². The maximum Gasteiger partial charge on any atom is 0.427 e. The first-order valence-electron chi connectivity index (χ1n) is 9.37. The van der Waals surface area contributed by atoms with Gasteiger partial charge in [0.1, 0.15) is 5.60 Å². The number of amides is 5. The molecule has 2 aromatic rings. The summed E-state index contributed by atoms with van der Waals surface area (Å²) in [5.74, 6) is -0.629. The van der Waals surface area contributed by atoms with Crippen molar-refractivity contribution < 1.29 is 23.9 Å². The minimum absolute atomic E-state index is 0.221. The second kappa shape index (κ2) is 11.4. The number of halogens is 2. The van der Waals surface area contributed by atoms with Gasteiger partial charge in [-0.05, 0) is 85.3 Å². The first-order chi connectivity index (χ1) is 14.9. The summed E-state index contributed by atoms with van der Waals surface area (Å²) >= 11 is 3.72. The van der Waals surface area contributed by atoms with Crippen LogP contribution in [0.4, 0.5) is 20.1 Å². The van der Waals surface area contributed by atoms with E-state index in [1.54, 1.807) is 91.9 Å². The molecule has 0 unspecified atom stereocenters. The lowest BCUT2D eigenvalue weighted by Gasteiger charge is -2.26. The fourth-order valence-electron chi connectivity index (χ4n) is 2.43. The third-order valence-corrected chi connectivity index (χ3v) is 4.83. The zero-order chi connectivity index (χ0) is 23.9. The van der Waals surface area contributed by atoms with E-state index in [0.717, 1.165) is 8.58 Å². The number of anilines is 1. The molecule has 0 fully saturated rings. The topological polar surface area (TPSA) is 117 Å². The van der Waals surface area contributed by atoms with E-state index in [4.69, 9.17) is 4.74 Å². The van der Waals surface area contributed by atoms with Crippen LogP contribution in [-0.2, 0) is 11.3 Å². The molecule has 0 atom stereocenters. The molecule has 9 nitrogen and oxygen atoms in total. The second-order valence-electron chi connectivity index (χ2n) is 7.51. The van der Waals surface area contributed by atoms with Crippen LogP contribution >= 0.6 is 45.2 Å². The van der Waals surface area contributed by atoms with Crippen molar-refractivity contribution in [1.82, 2.24) is 16.1 Å². The zero-order valence-corrected chi connectivity index (χ0v) is 21.9. The second-order valence-corrected chi connectivity index (χ2v) is 9.74. The van der Waals surface area contributed by atoms with Crippen LogP contribution in [0.3, 0.4) is 0 Å². The highest BCUT2D eigenvalue weighted by atomic mass is 127. The number of hydrogen-bond acceptors (Lipinski definition) is 5. The molecule has 0 saturated heterocycles. The first-order valence-corrected chi connectivity index (χ1v) is 11.5. The standard InChI is InChI=1S/C21H22I2N4O5/c1-21(2,3)32-20(31)26-27(16-6-4-5-13(11-16)12-24-18(23)29)19(30)25-17(28)14-7-9-15(22)10-8-14/h4-11H,12H2,1-3H3,(H,24,29)(H,26,31)(H,25,28,30). The van der Waals surface area contributed by atoms with Crippen LogP contribution in [-0.4, -0.2) is 27.5 Å². The van der Waals surface area contributed by atoms with Crippen molar-refractivity contribution in [1.29, 1.82) is 0 Å². The van der Waals surface area contributed by atoms with E-state index < -0.39 is 23.6 Å². The van der Waals surface area contributed by atoms with E-state index in [1.807, 2.05) is 0 Å². The van der Waals surface area contributed by atoms with Crippen molar-refractivity contribution in [2.45, 2.75) is 32.9 Å². The Hall–Kier alpha value is -2.42. The molecule has 0 saturated carbocycles. The van der Waals surface area contributed by atoms with Crippen molar-refractivity contribution in [3.05, 3.63) is 63.2 Å². The van der Waals surface area contributed by atoms with Crippen LogP contribution in [0.2, 0.25) is 0 Å². The predicted octanol–water partition coefficient (Wildman–Crippen LogP) is 4.73. The number of nitrogens with one attached hydrogen (secondary N) is 3. The molecule has 2 rings (SSSR count). The summed E-state index contributed by atoms with van der Waals surface area (Å²) in [5.41, 5.74) is 2.80. The van der Waals surface area contributed by atoms with Crippen LogP contribution in [0.5, 0.6) is 0 Å². The third kappa shape index (κ3) is 8.61. The average molecular weight is 664 g/mol. The van der Waals surface area contributed by atoms with Crippen LogP contribution in [0.15, 0.2) is 48.5 Å². The van der Waals surface area contributed by atoms with Crippen molar-refractivity contribution in [2.75, 3.05) is 5.01 Å². The summed E-state index contributed by atoms with van der Waals surface area (Å²) in [4.78, 5) is 49.0. The zero-order valence-electron chi connectivity index (χ0n) is 17.6. The molecular weight excluding hydrogens is 642 g/mol. The maximum atomic E-state index is 12.9. The summed E-state index contributed by atoms with van der Waals surface area (Å²) in [5, 5.41) is 5.79. The van der Waals surface area contributed by atoms with Crippen molar-refractivity contribution >= 4 is 72.8 Å². The summed E-state index contributed by atoms with van der Waals surface area (Å²) in [6.45, 7) is 5.28. The molecule has 3 N–H and O–H groups in total. The molecule has 0 aliphatic carbocycles. The van der Waals surface area contributed by atoms with Gasteiger partial charge in [-0.3, -0.25) is 14.9 Å². The fourth-order valence-corrected chi connectivity index (χ4v) is 2.98. The number of imide groups is 1. The lowest BCUT2D eigenvalue weighted by molar-refractivity contribution is 0.0523. The summed E-state index contributed by atoms with van der Waals surface area (Å²) in [6, 6.07) is 12.3. The molecule has 11 heteroatoms. The Bertz CT molecular complexity index is 1010. The number of carbonyl (C=O) groups excluding carboxylic acids is 4. The summed E-state index contributed by atoms with van der Waals surface area (Å²) in [6.07, 6.45) is -0.875. The Morgan fingerprint density at radius 1 is 1.03 bits per heavy atom. The highest BCUT2D eigenvalue weighted by molar-refractivity contribution is 14.1. The molecular formula is C21H22I2N4O5. The quantitative estimate of drug-likeness (QED) is 0.189. The largest absolute Gasteiger partial charge is 0.443 e. The predicted molar refractivity (Wildman–Crippen MR) is 137 cm³/mol. The number of benzene rings is 2. The van der Waals surface area contributed by atoms with E-state index in [2.05, 4.69) is 38.7 Å². The SMILES string of the molecule is CC(C)(C)OC(=O)NN(C(=O)NC(=O)c1ccc(I)cc1)c1cccc(CNC(=O)I)c1. The van der Waals surface area contributed by atoms with Crippen LogP contribution < -0.4 is 21.1 Å². The molecule has 170 valence electrons. The highest BCUT2D eigenvalue weighted by Crippen LogP contribution is 2.17. The Morgan fingerprint density at radius 3 is 2.28 bits per heavy atom. The molecule has 32 heavy (non-hydrogen) atoms. The number of rotatable bonds is 4. The van der Waals surface area contributed by atoms with Gasteiger partial charge in [0.2, 0.25) is 0 Å². The molecule has 0 bridgehead atoms. The summed E-state index contributed by atoms with van der Waals surface area (Å²) < 4.78 is 5.94. The van der Waals surface area contributed by atoms with Gasteiger partial charge in [-0.2, -0.15) is 5.01 Å². The summed E-state index contributed by atoms with van der Waals surface area (Å²) in [7, 11) is 0. The van der Waals surface area contributed by atoms with Gasteiger partial charge in [0, 0.05) is 38.3 Å². The fraction of sp³-hybridized carbons (Fsp3) is 0.238. The monoisotopic (exact) mass is 664 g/mol. The number of carbonyl (C=O) groups is 4. The lowest BCUT2D eigenvalue weighted by Crippen LogP contribution is -2.53. The molecule has 0 heterocycles. The number of urea groups is 1. The molecule has 2 aromatic carbocycles. The van der Waals surface area contributed by atoms with E-state index in [1.165, 1.54) is 0 Å². The Balaban J connectivity index is 2.27. The third-order valence-electron chi connectivity index (χ3n) is 3.73. The van der Waals surface area contributed by atoms with Crippen LogP contribution in [0, 0.1) is 3.57 Å². The Kier molecular flexibility index (Phi) is 9.24. The molecule has 5 amide bonds. The van der Waals surface area contributed by atoms with Crippen LogP contribution in [0.25, 0.3) is 0 Å². The number of ether oxygens (including phenoxy) is 1. The minimum atomic E-state index is -0.880. The van der Waals surface area contributed by atoms with E-state index in [0.29, 0.717) is 5.56 Å². The smallest absolute Gasteiger partial charge is 0.427 e. The van der Waals surface area contributed by atoms with Gasteiger partial charge in [0.05, 0.1) is 5.69 Å².